The topological polar surface area (TPSA) is 19.4 Å². The van der Waals surface area contributed by atoms with Gasteiger partial charge in [-0.2, -0.15) is 0 Å². The number of rotatable bonds is 4. The predicted molar refractivity (Wildman–Crippen MR) is 85.9 cm³/mol. The van der Waals surface area contributed by atoms with Gasteiger partial charge < -0.3 is 0 Å². The minimum absolute atomic E-state index is 0.509. The molecule has 23 heavy (non-hydrogen) atoms. The Kier molecular flexibility index (Phi) is 4.98. The normalized spacial score (nSPS) is 16.7. The number of hydrogen-bond acceptors (Lipinski definition) is 3. The van der Waals surface area contributed by atoms with Crippen molar-refractivity contribution >= 4 is 0 Å². The monoisotopic (exact) mass is 317 g/mol. The quantitative estimate of drug-likeness (QED) is 0.864. The Morgan fingerprint density at radius 3 is 2.17 bits per heavy atom. The number of nitrogens with zero attached hydrogens (tertiary/aromatic N) is 3. The van der Waals surface area contributed by atoms with Crippen molar-refractivity contribution in [2.45, 2.75) is 20.0 Å². The Morgan fingerprint density at radius 2 is 1.57 bits per heavy atom. The van der Waals surface area contributed by atoms with Gasteiger partial charge in [-0.25, -0.2) is 8.78 Å². The molecule has 0 bridgehead atoms. The summed E-state index contributed by atoms with van der Waals surface area (Å²) in [7, 11) is 0. The minimum atomic E-state index is -0.509. The first kappa shape index (κ1) is 16.0. The lowest BCUT2D eigenvalue weighted by atomic mass is 10.1. The SMILES string of the molecule is Cc1ncccc1CN1CCN(Cc2cc(F)cc(F)c2)CC1. The summed E-state index contributed by atoms with van der Waals surface area (Å²) in [5, 5.41) is 0. The zero-order valence-corrected chi connectivity index (χ0v) is 13.3. The van der Waals surface area contributed by atoms with Gasteiger partial charge in [-0.1, -0.05) is 6.07 Å². The van der Waals surface area contributed by atoms with Crippen molar-refractivity contribution in [1.29, 1.82) is 0 Å². The van der Waals surface area contributed by atoms with Crippen LogP contribution in [0.2, 0.25) is 0 Å². The zero-order chi connectivity index (χ0) is 16.2. The molecule has 0 amide bonds. The average molecular weight is 317 g/mol. The lowest BCUT2D eigenvalue weighted by Gasteiger charge is -2.34. The molecule has 5 heteroatoms. The number of aromatic nitrogens is 1. The molecule has 2 heterocycles. The van der Waals surface area contributed by atoms with Crippen molar-refractivity contribution in [1.82, 2.24) is 14.8 Å². The Hall–Kier alpha value is -1.85. The summed E-state index contributed by atoms with van der Waals surface area (Å²) in [6.45, 7) is 7.23. The molecule has 1 aliphatic heterocycles. The van der Waals surface area contributed by atoms with Gasteiger partial charge >= 0.3 is 0 Å². The third-order valence-electron chi connectivity index (χ3n) is 4.30. The Bertz CT molecular complexity index is 647. The highest BCUT2D eigenvalue weighted by Gasteiger charge is 2.18. The molecule has 1 aromatic heterocycles. The van der Waals surface area contributed by atoms with Crippen molar-refractivity contribution in [2.75, 3.05) is 26.2 Å². The third-order valence-corrected chi connectivity index (χ3v) is 4.30. The van der Waals surface area contributed by atoms with Crippen LogP contribution in [0.1, 0.15) is 16.8 Å². The molecule has 1 saturated heterocycles. The van der Waals surface area contributed by atoms with Crippen LogP contribution < -0.4 is 0 Å². The van der Waals surface area contributed by atoms with E-state index in [1.165, 1.54) is 17.7 Å². The first-order valence-corrected chi connectivity index (χ1v) is 7.90. The molecule has 3 rings (SSSR count). The van der Waals surface area contributed by atoms with Crippen LogP contribution in [0.4, 0.5) is 8.78 Å². The van der Waals surface area contributed by atoms with Crippen molar-refractivity contribution in [2.24, 2.45) is 0 Å². The molecule has 0 aliphatic carbocycles. The fourth-order valence-electron chi connectivity index (χ4n) is 2.99. The van der Waals surface area contributed by atoms with Gasteiger partial charge in [0.1, 0.15) is 11.6 Å². The first-order chi connectivity index (χ1) is 11.1. The molecular weight excluding hydrogens is 296 g/mol. The van der Waals surface area contributed by atoms with Crippen LogP contribution in [0.3, 0.4) is 0 Å². The Labute approximate surface area is 135 Å². The van der Waals surface area contributed by atoms with Gasteiger partial charge in [0, 0.05) is 57.2 Å². The molecule has 0 spiro atoms. The molecule has 0 atom stereocenters. The van der Waals surface area contributed by atoms with E-state index in [9.17, 15) is 8.78 Å². The largest absolute Gasteiger partial charge is 0.297 e. The molecule has 0 unspecified atom stereocenters. The highest BCUT2D eigenvalue weighted by atomic mass is 19.1. The second kappa shape index (κ2) is 7.15. The van der Waals surface area contributed by atoms with Gasteiger partial charge in [-0.05, 0) is 36.2 Å². The maximum atomic E-state index is 13.3. The number of aryl methyl sites for hydroxylation is 1. The van der Waals surface area contributed by atoms with Crippen LogP contribution in [-0.4, -0.2) is 41.0 Å². The number of hydrogen-bond donors (Lipinski definition) is 0. The molecule has 3 nitrogen and oxygen atoms in total. The number of halogens is 2. The van der Waals surface area contributed by atoms with Gasteiger partial charge in [0.2, 0.25) is 0 Å². The summed E-state index contributed by atoms with van der Waals surface area (Å²) in [5.41, 5.74) is 3.03. The van der Waals surface area contributed by atoms with E-state index < -0.39 is 11.6 Å². The minimum Gasteiger partial charge on any atom is -0.297 e. The molecule has 1 fully saturated rings. The predicted octanol–water partition coefficient (Wildman–Crippen LogP) is 2.99. The van der Waals surface area contributed by atoms with Crippen LogP contribution in [0.5, 0.6) is 0 Å². The molecule has 0 saturated carbocycles. The van der Waals surface area contributed by atoms with Gasteiger partial charge in [-0.15, -0.1) is 0 Å². The fourth-order valence-corrected chi connectivity index (χ4v) is 2.99. The van der Waals surface area contributed by atoms with Crippen LogP contribution >= 0.6 is 0 Å². The van der Waals surface area contributed by atoms with Crippen molar-refractivity contribution in [3.63, 3.8) is 0 Å². The molecule has 0 radical (unpaired) electrons. The van der Waals surface area contributed by atoms with Crippen LogP contribution in [0.25, 0.3) is 0 Å². The number of benzene rings is 1. The van der Waals surface area contributed by atoms with E-state index in [4.69, 9.17) is 0 Å². The second-order valence-electron chi connectivity index (χ2n) is 6.08. The fraction of sp³-hybridized carbons (Fsp3) is 0.389. The highest BCUT2D eigenvalue weighted by Crippen LogP contribution is 2.14. The van der Waals surface area contributed by atoms with Gasteiger partial charge in [0.15, 0.2) is 0 Å². The smallest absolute Gasteiger partial charge is 0.126 e. The van der Waals surface area contributed by atoms with Gasteiger partial charge in [0.05, 0.1) is 0 Å². The van der Waals surface area contributed by atoms with Gasteiger partial charge in [0.25, 0.3) is 0 Å². The van der Waals surface area contributed by atoms with Crippen LogP contribution in [-0.2, 0) is 13.1 Å². The first-order valence-electron chi connectivity index (χ1n) is 7.90. The van der Waals surface area contributed by atoms with E-state index in [0.29, 0.717) is 12.1 Å². The van der Waals surface area contributed by atoms with Crippen molar-refractivity contribution < 1.29 is 8.78 Å². The summed E-state index contributed by atoms with van der Waals surface area (Å²) in [4.78, 5) is 8.96. The van der Waals surface area contributed by atoms with E-state index in [1.54, 1.807) is 0 Å². The second-order valence-corrected chi connectivity index (χ2v) is 6.08. The maximum absolute atomic E-state index is 13.3. The van der Waals surface area contributed by atoms with Gasteiger partial charge in [-0.3, -0.25) is 14.8 Å². The third kappa shape index (κ3) is 4.33. The summed E-state index contributed by atoms with van der Waals surface area (Å²) >= 11 is 0. The summed E-state index contributed by atoms with van der Waals surface area (Å²) in [5.74, 6) is -1.02. The molecule has 0 N–H and O–H groups in total. The standard InChI is InChI=1S/C18H21F2N3/c1-14-16(3-2-4-21-14)13-23-7-5-22(6-8-23)12-15-9-17(19)11-18(20)10-15/h2-4,9-11H,5-8,12-13H2,1H3. The zero-order valence-electron chi connectivity index (χ0n) is 13.3. The van der Waals surface area contributed by atoms with Crippen molar-refractivity contribution in [3.8, 4) is 0 Å². The summed E-state index contributed by atoms with van der Waals surface area (Å²) in [6, 6.07) is 7.82. The average Bonchev–Trinajstić information content (AvgIpc) is 2.50. The van der Waals surface area contributed by atoms with E-state index in [0.717, 1.165) is 44.5 Å². The lowest BCUT2D eigenvalue weighted by molar-refractivity contribution is 0.121. The Balaban J connectivity index is 1.53. The highest BCUT2D eigenvalue weighted by molar-refractivity contribution is 5.19. The molecule has 1 aromatic carbocycles. The number of pyridine rings is 1. The van der Waals surface area contributed by atoms with E-state index in [1.807, 2.05) is 19.2 Å². The molecule has 122 valence electrons. The van der Waals surface area contributed by atoms with Crippen LogP contribution in [0.15, 0.2) is 36.5 Å². The summed E-state index contributed by atoms with van der Waals surface area (Å²) in [6.07, 6.45) is 1.81. The molecule has 1 aliphatic rings. The van der Waals surface area contributed by atoms with E-state index >= 15 is 0 Å². The van der Waals surface area contributed by atoms with Crippen molar-refractivity contribution in [3.05, 3.63) is 65.0 Å². The number of piperazine rings is 1. The maximum Gasteiger partial charge on any atom is 0.126 e. The van der Waals surface area contributed by atoms with E-state index in [-0.39, 0.29) is 0 Å². The van der Waals surface area contributed by atoms with Crippen LogP contribution in [0, 0.1) is 18.6 Å². The van der Waals surface area contributed by atoms with E-state index in [2.05, 4.69) is 20.9 Å². The lowest BCUT2D eigenvalue weighted by Crippen LogP contribution is -2.45. The molecular formula is C18H21F2N3. The Morgan fingerprint density at radius 1 is 0.957 bits per heavy atom. The summed E-state index contributed by atoms with van der Waals surface area (Å²) < 4.78 is 26.5. The molecule has 2 aromatic rings.